The molecule has 0 unspecified atom stereocenters. The first-order valence-corrected chi connectivity index (χ1v) is 9.24. The summed E-state index contributed by atoms with van der Waals surface area (Å²) in [5.41, 5.74) is 1.82. The van der Waals surface area contributed by atoms with Crippen LogP contribution in [0, 0.1) is 18.8 Å². The van der Waals surface area contributed by atoms with E-state index in [0.29, 0.717) is 33.9 Å². The lowest BCUT2D eigenvalue weighted by molar-refractivity contribution is 0.0757. The third kappa shape index (κ3) is 3.07. The van der Waals surface area contributed by atoms with Crippen molar-refractivity contribution in [2.75, 3.05) is 26.2 Å². The molecule has 2 aliphatic heterocycles. The van der Waals surface area contributed by atoms with Crippen LogP contribution in [-0.4, -0.2) is 42.1 Å². The van der Waals surface area contributed by atoms with Crippen LogP contribution in [0.5, 0.6) is 0 Å². The van der Waals surface area contributed by atoms with Crippen molar-refractivity contribution in [2.45, 2.75) is 19.8 Å². The van der Waals surface area contributed by atoms with Crippen LogP contribution in [0.15, 0.2) is 28.8 Å². The van der Waals surface area contributed by atoms with Gasteiger partial charge in [-0.3, -0.25) is 4.79 Å². The number of amides is 1. The summed E-state index contributed by atoms with van der Waals surface area (Å²) in [5.74, 6) is 1.92. The lowest BCUT2D eigenvalue weighted by Crippen LogP contribution is -2.33. The number of rotatable bonds is 2. The molecule has 3 heterocycles. The summed E-state index contributed by atoms with van der Waals surface area (Å²) >= 11 is 6.31. The highest BCUT2D eigenvalue weighted by Gasteiger charge is 2.33. The number of hydrogen-bond donors (Lipinski definition) is 1. The molecule has 2 aromatic rings. The first kappa shape index (κ1) is 16.6. The number of likely N-dealkylation sites (tertiary alicyclic amines) is 1. The van der Waals surface area contributed by atoms with Gasteiger partial charge >= 0.3 is 0 Å². The minimum absolute atomic E-state index is 0.00148. The average Bonchev–Trinajstić information content (AvgIpc) is 3.16. The number of hydrogen-bond acceptors (Lipinski definition) is 4. The number of carbonyl (C=O) groups is 1. The van der Waals surface area contributed by atoms with Gasteiger partial charge in [-0.25, -0.2) is 0 Å². The Hall–Kier alpha value is -1.85. The first-order valence-electron chi connectivity index (χ1n) is 8.86. The van der Waals surface area contributed by atoms with Gasteiger partial charge in [-0.05, 0) is 50.8 Å². The topological polar surface area (TPSA) is 58.4 Å². The summed E-state index contributed by atoms with van der Waals surface area (Å²) in [4.78, 5) is 15.2. The van der Waals surface area contributed by atoms with E-state index in [1.807, 2.05) is 23.1 Å². The molecular formula is C19H22ClN3O2. The molecule has 2 fully saturated rings. The molecular weight excluding hydrogens is 338 g/mol. The highest BCUT2D eigenvalue weighted by atomic mass is 35.5. The Morgan fingerprint density at radius 3 is 2.60 bits per heavy atom. The van der Waals surface area contributed by atoms with Crippen LogP contribution in [0.2, 0.25) is 5.02 Å². The number of nitrogens with one attached hydrogen (secondary N) is 1. The fourth-order valence-corrected chi connectivity index (χ4v) is 4.27. The summed E-state index contributed by atoms with van der Waals surface area (Å²) in [7, 11) is 0. The van der Waals surface area contributed by atoms with E-state index in [-0.39, 0.29) is 5.91 Å². The molecule has 0 bridgehead atoms. The van der Waals surface area contributed by atoms with Gasteiger partial charge in [0, 0.05) is 18.7 Å². The molecule has 2 saturated heterocycles. The standard InChI is InChI=1S/C19H22ClN3O2/c1-12-17(18(22-25-12)15-4-2-3-5-16(15)20)19(24)23-8-6-13-10-21-11-14(13)7-9-23/h2-5,13-14,21H,6-11H2,1H3/t13-,14+. The summed E-state index contributed by atoms with van der Waals surface area (Å²) < 4.78 is 5.36. The minimum atomic E-state index is 0.00148. The van der Waals surface area contributed by atoms with Gasteiger partial charge in [0.15, 0.2) is 0 Å². The Kier molecular flexibility index (Phi) is 4.52. The molecule has 2 aliphatic rings. The SMILES string of the molecule is Cc1onc(-c2ccccc2Cl)c1C(=O)N1CC[C@@H]2CNC[C@@H]2CC1. The van der Waals surface area contributed by atoms with Crippen LogP contribution >= 0.6 is 11.6 Å². The zero-order chi connectivity index (χ0) is 17.4. The smallest absolute Gasteiger partial charge is 0.259 e. The maximum Gasteiger partial charge on any atom is 0.259 e. The molecule has 0 radical (unpaired) electrons. The van der Waals surface area contributed by atoms with Crippen LogP contribution in [-0.2, 0) is 0 Å². The van der Waals surface area contributed by atoms with Gasteiger partial charge in [0.05, 0.1) is 5.02 Å². The highest BCUT2D eigenvalue weighted by molar-refractivity contribution is 6.33. The Bertz CT molecular complexity index is 775. The van der Waals surface area contributed by atoms with Crippen molar-refractivity contribution in [2.24, 2.45) is 11.8 Å². The van der Waals surface area contributed by atoms with Crippen molar-refractivity contribution in [3.8, 4) is 11.3 Å². The third-order valence-electron chi connectivity index (χ3n) is 5.51. The van der Waals surface area contributed by atoms with Crippen LogP contribution in [0.3, 0.4) is 0 Å². The first-order chi connectivity index (χ1) is 12.1. The van der Waals surface area contributed by atoms with Gasteiger partial charge in [0.2, 0.25) is 0 Å². The highest BCUT2D eigenvalue weighted by Crippen LogP contribution is 2.33. The molecule has 1 aromatic heterocycles. The molecule has 1 amide bonds. The second kappa shape index (κ2) is 6.81. The Morgan fingerprint density at radius 2 is 1.92 bits per heavy atom. The Balaban J connectivity index is 1.62. The van der Waals surface area contributed by atoms with Crippen LogP contribution in [0.4, 0.5) is 0 Å². The number of nitrogens with zero attached hydrogens (tertiary/aromatic N) is 2. The predicted octanol–water partition coefficient (Wildman–Crippen LogP) is 3.38. The lowest BCUT2D eigenvalue weighted by atomic mass is 9.92. The molecule has 4 rings (SSSR count). The van der Waals surface area contributed by atoms with Crippen molar-refractivity contribution >= 4 is 17.5 Å². The van der Waals surface area contributed by atoms with Crippen molar-refractivity contribution in [1.82, 2.24) is 15.4 Å². The number of aromatic nitrogens is 1. The number of benzene rings is 1. The second-order valence-electron chi connectivity index (χ2n) is 6.99. The fraction of sp³-hybridized carbons (Fsp3) is 0.474. The summed E-state index contributed by atoms with van der Waals surface area (Å²) in [5, 5.41) is 8.16. The van der Waals surface area contributed by atoms with E-state index in [2.05, 4.69) is 10.5 Å². The van der Waals surface area contributed by atoms with E-state index < -0.39 is 0 Å². The second-order valence-corrected chi connectivity index (χ2v) is 7.40. The molecule has 2 atom stereocenters. The van der Waals surface area contributed by atoms with Crippen LogP contribution < -0.4 is 5.32 Å². The zero-order valence-electron chi connectivity index (χ0n) is 14.3. The molecule has 5 nitrogen and oxygen atoms in total. The number of halogens is 1. The maximum absolute atomic E-state index is 13.2. The van der Waals surface area contributed by atoms with Crippen LogP contribution in [0.25, 0.3) is 11.3 Å². The monoisotopic (exact) mass is 359 g/mol. The zero-order valence-corrected chi connectivity index (χ0v) is 15.1. The van der Waals surface area contributed by atoms with Gasteiger partial charge in [-0.15, -0.1) is 0 Å². The number of aryl methyl sites for hydroxylation is 1. The molecule has 0 spiro atoms. The molecule has 132 valence electrons. The van der Waals surface area contributed by atoms with Gasteiger partial charge in [-0.1, -0.05) is 35.0 Å². The van der Waals surface area contributed by atoms with Crippen molar-refractivity contribution in [3.63, 3.8) is 0 Å². The number of carbonyl (C=O) groups excluding carboxylic acids is 1. The van der Waals surface area contributed by atoms with Crippen molar-refractivity contribution < 1.29 is 9.32 Å². The van der Waals surface area contributed by atoms with E-state index in [4.69, 9.17) is 16.1 Å². The molecule has 25 heavy (non-hydrogen) atoms. The van der Waals surface area contributed by atoms with Crippen molar-refractivity contribution in [1.29, 1.82) is 0 Å². The fourth-order valence-electron chi connectivity index (χ4n) is 4.04. The summed E-state index contributed by atoms with van der Waals surface area (Å²) in [6, 6.07) is 7.42. The normalized spacial score (nSPS) is 23.4. The molecule has 1 N–H and O–H groups in total. The largest absolute Gasteiger partial charge is 0.360 e. The van der Waals surface area contributed by atoms with Gasteiger partial charge in [0.1, 0.15) is 17.0 Å². The molecule has 0 aliphatic carbocycles. The van der Waals surface area contributed by atoms with E-state index in [0.717, 1.165) is 44.6 Å². The minimum Gasteiger partial charge on any atom is -0.360 e. The van der Waals surface area contributed by atoms with Gasteiger partial charge < -0.3 is 14.7 Å². The van der Waals surface area contributed by atoms with E-state index in [1.165, 1.54) is 0 Å². The average molecular weight is 360 g/mol. The predicted molar refractivity (Wildman–Crippen MR) is 96.7 cm³/mol. The molecule has 6 heteroatoms. The van der Waals surface area contributed by atoms with E-state index in [9.17, 15) is 4.79 Å². The summed E-state index contributed by atoms with van der Waals surface area (Å²) in [6.07, 6.45) is 2.10. The Morgan fingerprint density at radius 1 is 1.24 bits per heavy atom. The van der Waals surface area contributed by atoms with Gasteiger partial charge in [0.25, 0.3) is 5.91 Å². The van der Waals surface area contributed by atoms with Gasteiger partial charge in [-0.2, -0.15) is 0 Å². The third-order valence-corrected chi connectivity index (χ3v) is 5.84. The molecule has 1 aromatic carbocycles. The summed E-state index contributed by atoms with van der Waals surface area (Å²) in [6.45, 7) is 5.51. The Labute approximate surface area is 152 Å². The number of fused-ring (bicyclic) bond motifs is 1. The molecule has 0 saturated carbocycles. The van der Waals surface area contributed by atoms with E-state index >= 15 is 0 Å². The van der Waals surface area contributed by atoms with Crippen molar-refractivity contribution in [3.05, 3.63) is 40.6 Å². The maximum atomic E-state index is 13.2. The van der Waals surface area contributed by atoms with E-state index in [1.54, 1.807) is 13.0 Å². The quantitative estimate of drug-likeness (QED) is 0.893. The lowest BCUT2D eigenvalue weighted by Gasteiger charge is -2.21. The van der Waals surface area contributed by atoms with Crippen LogP contribution in [0.1, 0.15) is 29.0 Å².